The molecule has 2 aromatic heterocycles. The van der Waals surface area contributed by atoms with Crippen molar-refractivity contribution in [2.24, 2.45) is 0 Å². The fourth-order valence-corrected chi connectivity index (χ4v) is 4.38. The maximum Gasteiger partial charge on any atom is 0.253 e. The molecule has 0 saturated heterocycles. The van der Waals surface area contributed by atoms with E-state index in [4.69, 9.17) is 4.98 Å². The lowest BCUT2D eigenvalue weighted by atomic mass is 10.1. The summed E-state index contributed by atoms with van der Waals surface area (Å²) in [4.78, 5) is 36.6. The fraction of sp³-hybridized carbons (Fsp3) is 0.280. The van der Waals surface area contributed by atoms with Gasteiger partial charge in [-0.3, -0.25) is 19.1 Å². The standard InChI is InChI=1S/C25H26N6O2/c32-23(27-12-11-19-7-2-1-3-8-19)17-22-24(33)30(15-6-14-29-16-13-26-18-29)25-28-20-9-4-5-10-21(20)31(22)25/h1-5,7-10,13,16,18,22H,6,11-12,14-15,17H2,(H,27,32)/t22-/m0/s1. The van der Waals surface area contributed by atoms with Crippen LogP contribution in [0.1, 0.15) is 24.4 Å². The van der Waals surface area contributed by atoms with Crippen LogP contribution in [0.3, 0.4) is 0 Å². The van der Waals surface area contributed by atoms with Gasteiger partial charge in [-0.1, -0.05) is 42.5 Å². The molecule has 1 aliphatic rings. The van der Waals surface area contributed by atoms with Crippen molar-refractivity contribution in [2.45, 2.75) is 31.8 Å². The van der Waals surface area contributed by atoms with Crippen molar-refractivity contribution in [3.05, 3.63) is 78.9 Å². The summed E-state index contributed by atoms with van der Waals surface area (Å²) < 4.78 is 3.91. The number of nitrogens with zero attached hydrogens (tertiary/aromatic N) is 5. The molecule has 1 atom stereocenters. The van der Waals surface area contributed by atoms with Crippen LogP contribution in [-0.4, -0.2) is 44.0 Å². The Hall–Kier alpha value is -3.94. The van der Waals surface area contributed by atoms with E-state index in [2.05, 4.69) is 10.3 Å². The number of imidazole rings is 2. The van der Waals surface area contributed by atoms with Crippen LogP contribution in [0.15, 0.2) is 73.3 Å². The number of benzene rings is 2. The highest BCUT2D eigenvalue weighted by Crippen LogP contribution is 2.36. The summed E-state index contributed by atoms with van der Waals surface area (Å²) in [5.74, 6) is 0.411. The van der Waals surface area contributed by atoms with Crippen molar-refractivity contribution >= 4 is 28.8 Å². The van der Waals surface area contributed by atoms with Gasteiger partial charge in [-0.25, -0.2) is 9.97 Å². The number of carbonyl (C=O) groups is 2. The van der Waals surface area contributed by atoms with Crippen LogP contribution >= 0.6 is 0 Å². The molecule has 168 valence electrons. The highest BCUT2D eigenvalue weighted by atomic mass is 16.2. The van der Waals surface area contributed by atoms with Gasteiger partial charge in [0.05, 0.1) is 23.8 Å². The Morgan fingerprint density at radius 1 is 1.03 bits per heavy atom. The Morgan fingerprint density at radius 2 is 1.85 bits per heavy atom. The molecule has 0 unspecified atom stereocenters. The number of fused-ring (bicyclic) bond motifs is 3. The van der Waals surface area contributed by atoms with Gasteiger partial charge in [0.25, 0.3) is 5.91 Å². The van der Waals surface area contributed by atoms with Gasteiger partial charge >= 0.3 is 0 Å². The summed E-state index contributed by atoms with van der Waals surface area (Å²) >= 11 is 0. The van der Waals surface area contributed by atoms with Crippen LogP contribution in [0, 0.1) is 0 Å². The molecule has 8 heteroatoms. The van der Waals surface area contributed by atoms with Gasteiger partial charge in [0, 0.05) is 32.0 Å². The van der Waals surface area contributed by atoms with Crippen molar-refractivity contribution in [2.75, 3.05) is 18.0 Å². The number of para-hydroxylation sites is 2. The van der Waals surface area contributed by atoms with Gasteiger partial charge in [-0.05, 0) is 30.5 Å². The minimum absolute atomic E-state index is 0.0768. The highest BCUT2D eigenvalue weighted by Gasteiger charge is 2.40. The van der Waals surface area contributed by atoms with E-state index in [9.17, 15) is 9.59 Å². The molecular formula is C25H26N6O2. The third-order valence-corrected chi connectivity index (χ3v) is 6.00. The summed E-state index contributed by atoms with van der Waals surface area (Å²) in [7, 11) is 0. The molecule has 2 amide bonds. The lowest BCUT2D eigenvalue weighted by Crippen LogP contribution is -2.34. The largest absolute Gasteiger partial charge is 0.356 e. The zero-order chi connectivity index (χ0) is 22.6. The second kappa shape index (κ2) is 9.28. The van der Waals surface area contributed by atoms with Gasteiger partial charge in [0.2, 0.25) is 11.9 Å². The maximum absolute atomic E-state index is 13.4. The molecule has 8 nitrogen and oxygen atoms in total. The van der Waals surface area contributed by atoms with Crippen LogP contribution < -0.4 is 10.2 Å². The monoisotopic (exact) mass is 442 g/mol. The van der Waals surface area contributed by atoms with Crippen LogP contribution in [0.5, 0.6) is 0 Å². The molecule has 0 saturated carbocycles. The van der Waals surface area contributed by atoms with Crippen LogP contribution in [0.25, 0.3) is 11.0 Å². The number of anilines is 1. The number of hydrogen-bond donors (Lipinski definition) is 1. The number of aromatic nitrogens is 4. The van der Waals surface area contributed by atoms with Gasteiger partial charge in [0.1, 0.15) is 6.04 Å². The zero-order valence-corrected chi connectivity index (χ0v) is 18.3. The van der Waals surface area contributed by atoms with E-state index in [-0.39, 0.29) is 18.2 Å². The van der Waals surface area contributed by atoms with Crippen LogP contribution in [0.2, 0.25) is 0 Å². The van der Waals surface area contributed by atoms with E-state index >= 15 is 0 Å². The molecule has 2 aromatic carbocycles. The number of aryl methyl sites for hydroxylation is 1. The smallest absolute Gasteiger partial charge is 0.253 e. The predicted octanol–water partition coefficient (Wildman–Crippen LogP) is 2.96. The summed E-state index contributed by atoms with van der Waals surface area (Å²) in [6.45, 7) is 1.83. The Balaban J connectivity index is 1.29. The number of hydrogen-bond acceptors (Lipinski definition) is 4. The fourth-order valence-electron chi connectivity index (χ4n) is 4.38. The molecule has 0 bridgehead atoms. The van der Waals surface area contributed by atoms with E-state index in [1.54, 1.807) is 17.4 Å². The summed E-state index contributed by atoms with van der Waals surface area (Å²) in [5.41, 5.74) is 2.87. The third kappa shape index (κ3) is 4.37. The number of rotatable bonds is 9. The Labute approximate surface area is 191 Å². The highest BCUT2D eigenvalue weighted by molar-refractivity contribution is 6.03. The van der Waals surface area contributed by atoms with E-state index in [0.717, 1.165) is 30.4 Å². The second-order valence-corrected chi connectivity index (χ2v) is 8.22. The van der Waals surface area contributed by atoms with Gasteiger partial charge in [0.15, 0.2) is 0 Å². The molecule has 0 spiro atoms. The van der Waals surface area contributed by atoms with Gasteiger partial charge in [-0.2, -0.15) is 0 Å². The third-order valence-electron chi connectivity index (χ3n) is 6.00. The number of nitrogens with one attached hydrogen (secondary N) is 1. The maximum atomic E-state index is 13.4. The quantitative estimate of drug-likeness (QED) is 0.432. The Morgan fingerprint density at radius 3 is 2.67 bits per heavy atom. The van der Waals surface area contributed by atoms with Crippen LogP contribution in [0.4, 0.5) is 5.95 Å². The van der Waals surface area contributed by atoms with E-state index in [1.165, 1.54) is 5.56 Å². The SMILES string of the molecule is O=C(C[C@H]1C(=O)N(CCCn2ccnc2)c2nc3ccccc3n21)NCCc1ccccc1. The van der Waals surface area contributed by atoms with Gasteiger partial charge in [-0.15, -0.1) is 0 Å². The molecule has 5 rings (SSSR count). The zero-order valence-electron chi connectivity index (χ0n) is 18.3. The lowest BCUT2D eigenvalue weighted by molar-refractivity contribution is -0.127. The molecule has 0 radical (unpaired) electrons. The van der Waals surface area contributed by atoms with E-state index < -0.39 is 6.04 Å². The first-order valence-electron chi connectivity index (χ1n) is 11.3. The minimum atomic E-state index is -0.586. The first-order valence-corrected chi connectivity index (χ1v) is 11.3. The van der Waals surface area contributed by atoms with Crippen molar-refractivity contribution in [1.82, 2.24) is 24.4 Å². The molecule has 4 aromatic rings. The van der Waals surface area contributed by atoms with Crippen molar-refractivity contribution in [1.29, 1.82) is 0 Å². The topological polar surface area (TPSA) is 85.1 Å². The first kappa shape index (κ1) is 20.9. The Bertz CT molecular complexity index is 1250. The second-order valence-electron chi connectivity index (χ2n) is 8.22. The number of carbonyl (C=O) groups excluding carboxylic acids is 2. The van der Waals surface area contributed by atoms with Crippen molar-refractivity contribution in [3.63, 3.8) is 0 Å². The minimum Gasteiger partial charge on any atom is -0.356 e. The number of amides is 2. The molecular weight excluding hydrogens is 416 g/mol. The molecule has 0 aliphatic carbocycles. The van der Waals surface area contributed by atoms with E-state index in [0.29, 0.717) is 19.0 Å². The van der Waals surface area contributed by atoms with Gasteiger partial charge < -0.3 is 9.88 Å². The summed E-state index contributed by atoms with van der Waals surface area (Å²) in [6, 6.07) is 17.2. The normalized spacial score (nSPS) is 15.2. The average molecular weight is 443 g/mol. The summed E-state index contributed by atoms with van der Waals surface area (Å²) in [6.07, 6.45) is 7.03. The molecule has 0 fully saturated rings. The average Bonchev–Trinajstić information content (AvgIpc) is 3.53. The lowest BCUT2D eigenvalue weighted by Gasteiger charge is -2.16. The van der Waals surface area contributed by atoms with Crippen molar-refractivity contribution in [3.8, 4) is 0 Å². The summed E-state index contributed by atoms with van der Waals surface area (Å²) in [5, 5.41) is 2.97. The molecule has 1 N–H and O–H groups in total. The van der Waals surface area contributed by atoms with Crippen LogP contribution in [-0.2, 0) is 22.6 Å². The van der Waals surface area contributed by atoms with E-state index in [1.807, 2.05) is 69.9 Å². The first-order chi connectivity index (χ1) is 16.2. The molecule has 3 heterocycles. The molecule has 33 heavy (non-hydrogen) atoms. The van der Waals surface area contributed by atoms with Crippen molar-refractivity contribution < 1.29 is 9.59 Å². The Kier molecular flexibility index (Phi) is 5.89. The molecule has 1 aliphatic heterocycles. The predicted molar refractivity (Wildman–Crippen MR) is 126 cm³/mol.